The highest BCUT2D eigenvalue weighted by molar-refractivity contribution is 6.02. The van der Waals surface area contributed by atoms with Crippen LogP contribution in [0.1, 0.15) is 26.2 Å². The predicted octanol–water partition coefficient (Wildman–Crippen LogP) is 2.80. The van der Waals surface area contributed by atoms with Gasteiger partial charge < -0.3 is 10.4 Å². The Morgan fingerprint density at radius 3 is 2.79 bits per heavy atom. The van der Waals surface area contributed by atoms with Gasteiger partial charge in [0.05, 0.1) is 10.9 Å². The molecule has 2 heterocycles. The van der Waals surface area contributed by atoms with Crippen molar-refractivity contribution < 1.29 is 14.7 Å². The Kier molecular flexibility index (Phi) is 4.41. The molecule has 0 atom stereocenters. The average Bonchev–Trinajstić information content (AvgIpc) is 2.89. The molecule has 3 aromatic rings. The molecule has 0 aliphatic heterocycles. The number of para-hydroxylation sites is 1. The largest absolute Gasteiger partial charge is 0.481 e. The Bertz CT molecular complexity index is 917. The average molecular weight is 326 g/mol. The van der Waals surface area contributed by atoms with Crippen LogP contribution in [0.2, 0.25) is 0 Å². The lowest BCUT2D eigenvalue weighted by Gasteiger charge is -2.02. The topological polar surface area (TPSA) is 97.1 Å². The molecule has 0 unspecified atom stereocenters. The first kappa shape index (κ1) is 15.9. The van der Waals surface area contributed by atoms with Gasteiger partial charge in [-0.2, -0.15) is 5.10 Å². The van der Waals surface area contributed by atoms with E-state index >= 15 is 0 Å². The molecule has 0 aliphatic rings. The van der Waals surface area contributed by atoms with Gasteiger partial charge in [-0.05, 0) is 25.5 Å². The number of fused-ring (bicyclic) bond motifs is 2. The Morgan fingerprint density at radius 1 is 1.25 bits per heavy atom. The highest BCUT2D eigenvalue weighted by Crippen LogP contribution is 2.26. The first-order valence-corrected chi connectivity index (χ1v) is 7.86. The summed E-state index contributed by atoms with van der Waals surface area (Å²) in [5.74, 6) is -0.684. The zero-order valence-electron chi connectivity index (χ0n) is 13.3. The summed E-state index contributed by atoms with van der Waals surface area (Å²) in [5, 5.41) is 17.6. The number of amides is 1. The van der Waals surface area contributed by atoms with Crippen LogP contribution >= 0.6 is 0 Å². The number of pyridine rings is 1. The fraction of sp³-hybridized carbons (Fsp3) is 0.294. The minimum Gasteiger partial charge on any atom is -0.481 e. The number of anilines is 1. The van der Waals surface area contributed by atoms with Gasteiger partial charge in [0.25, 0.3) is 0 Å². The van der Waals surface area contributed by atoms with E-state index in [0.29, 0.717) is 18.8 Å². The third-order valence-electron chi connectivity index (χ3n) is 3.78. The van der Waals surface area contributed by atoms with Gasteiger partial charge in [0.1, 0.15) is 0 Å². The van der Waals surface area contributed by atoms with E-state index in [4.69, 9.17) is 5.11 Å². The summed E-state index contributed by atoms with van der Waals surface area (Å²) in [4.78, 5) is 27.2. The summed E-state index contributed by atoms with van der Waals surface area (Å²) in [7, 11) is 0. The molecule has 0 spiro atoms. The molecule has 1 amide bonds. The Balaban J connectivity index is 1.91. The van der Waals surface area contributed by atoms with E-state index in [2.05, 4.69) is 15.4 Å². The number of rotatable bonds is 6. The van der Waals surface area contributed by atoms with Crippen LogP contribution in [-0.4, -0.2) is 31.7 Å². The van der Waals surface area contributed by atoms with Crippen molar-refractivity contribution in [3.8, 4) is 0 Å². The maximum Gasteiger partial charge on any atom is 0.303 e. The number of hydrogen-bond acceptors (Lipinski definition) is 4. The van der Waals surface area contributed by atoms with E-state index in [0.717, 1.165) is 21.9 Å². The number of carbonyl (C=O) groups excluding carboxylic acids is 1. The van der Waals surface area contributed by atoms with E-state index < -0.39 is 5.97 Å². The van der Waals surface area contributed by atoms with Crippen LogP contribution in [-0.2, 0) is 16.1 Å². The summed E-state index contributed by atoms with van der Waals surface area (Å²) >= 11 is 0. The quantitative estimate of drug-likeness (QED) is 0.726. The molecule has 0 aliphatic carbocycles. The first-order chi connectivity index (χ1) is 11.6. The number of nitrogens with one attached hydrogen (secondary N) is 1. The van der Waals surface area contributed by atoms with Crippen LogP contribution in [0.4, 0.5) is 5.82 Å². The normalized spacial score (nSPS) is 11.0. The van der Waals surface area contributed by atoms with E-state index in [9.17, 15) is 9.59 Å². The highest BCUT2D eigenvalue weighted by Gasteiger charge is 2.14. The molecule has 0 radical (unpaired) electrons. The zero-order chi connectivity index (χ0) is 17.1. The molecule has 7 nitrogen and oxygen atoms in total. The Morgan fingerprint density at radius 2 is 2.04 bits per heavy atom. The number of hydrogen-bond donors (Lipinski definition) is 2. The van der Waals surface area contributed by atoms with Gasteiger partial charge in [-0.1, -0.05) is 18.2 Å². The third kappa shape index (κ3) is 3.19. The molecule has 2 aromatic heterocycles. The van der Waals surface area contributed by atoms with Crippen molar-refractivity contribution in [2.24, 2.45) is 0 Å². The van der Waals surface area contributed by atoms with Gasteiger partial charge >= 0.3 is 5.97 Å². The standard InChI is InChI=1S/C17H18N4O3/c1-2-21-17-12(10-11-6-3-4-7-13(11)18-17)16(20-21)19-14(22)8-5-9-15(23)24/h3-4,6-7,10H,2,5,8-9H2,1H3,(H,23,24)(H,19,20,22). The number of aromatic nitrogens is 3. The number of nitrogens with zero attached hydrogens (tertiary/aromatic N) is 3. The highest BCUT2D eigenvalue weighted by atomic mass is 16.4. The minimum absolute atomic E-state index is 0.0240. The lowest BCUT2D eigenvalue weighted by Crippen LogP contribution is -2.12. The molecular weight excluding hydrogens is 308 g/mol. The first-order valence-electron chi connectivity index (χ1n) is 7.86. The van der Waals surface area contributed by atoms with Crippen molar-refractivity contribution in [3.63, 3.8) is 0 Å². The molecule has 1 aromatic carbocycles. The van der Waals surface area contributed by atoms with Gasteiger partial charge in [-0.25, -0.2) is 9.67 Å². The molecule has 0 fully saturated rings. The molecule has 7 heteroatoms. The fourth-order valence-corrected chi connectivity index (χ4v) is 2.61. The summed E-state index contributed by atoms with van der Waals surface area (Å²) in [6, 6.07) is 9.72. The molecule has 124 valence electrons. The minimum atomic E-state index is -0.904. The van der Waals surface area contributed by atoms with Crippen LogP contribution in [0.5, 0.6) is 0 Å². The number of carboxylic acid groups (broad SMARTS) is 1. The maximum atomic E-state index is 12.0. The molecule has 0 saturated heterocycles. The number of carboxylic acids is 1. The summed E-state index contributed by atoms with van der Waals surface area (Å²) in [6.07, 6.45) is 0.423. The maximum absolute atomic E-state index is 12.0. The molecule has 3 rings (SSSR count). The van der Waals surface area contributed by atoms with Crippen LogP contribution in [0.15, 0.2) is 30.3 Å². The second-order valence-corrected chi connectivity index (χ2v) is 5.51. The molecule has 0 saturated carbocycles. The van der Waals surface area contributed by atoms with Gasteiger partial charge in [0.2, 0.25) is 5.91 Å². The smallest absolute Gasteiger partial charge is 0.303 e. The van der Waals surface area contributed by atoms with Crippen molar-refractivity contribution in [3.05, 3.63) is 30.3 Å². The van der Waals surface area contributed by atoms with E-state index in [1.165, 1.54) is 0 Å². The monoisotopic (exact) mass is 326 g/mol. The van der Waals surface area contributed by atoms with Gasteiger partial charge in [0, 0.05) is 24.8 Å². The molecule has 0 bridgehead atoms. The molecule has 2 N–H and O–H groups in total. The number of benzene rings is 1. The fourth-order valence-electron chi connectivity index (χ4n) is 2.61. The lowest BCUT2D eigenvalue weighted by atomic mass is 10.2. The predicted molar refractivity (Wildman–Crippen MR) is 90.8 cm³/mol. The third-order valence-corrected chi connectivity index (χ3v) is 3.78. The number of aryl methyl sites for hydroxylation is 1. The second kappa shape index (κ2) is 6.66. The van der Waals surface area contributed by atoms with Crippen molar-refractivity contribution in [2.45, 2.75) is 32.7 Å². The van der Waals surface area contributed by atoms with Crippen molar-refractivity contribution >= 4 is 39.6 Å². The summed E-state index contributed by atoms with van der Waals surface area (Å²) < 4.78 is 1.74. The van der Waals surface area contributed by atoms with Gasteiger partial charge in [-0.3, -0.25) is 9.59 Å². The second-order valence-electron chi connectivity index (χ2n) is 5.51. The van der Waals surface area contributed by atoms with Crippen molar-refractivity contribution in [1.29, 1.82) is 0 Å². The molecular formula is C17H18N4O3. The van der Waals surface area contributed by atoms with Crippen molar-refractivity contribution in [1.82, 2.24) is 14.8 Å². The number of carbonyl (C=O) groups is 2. The summed E-state index contributed by atoms with van der Waals surface area (Å²) in [5.41, 5.74) is 1.59. The zero-order valence-corrected chi connectivity index (χ0v) is 13.3. The SMILES string of the molecule is CCn1nc(NC(=O)CCCC(=O)O)c2cc3ccccc3nc21. The van der Waals surface area contributed by atoms with Gasteiger partial charge in [0.15, 0.2) is 11.5 Å². The van der Waals surface area contributed by atoms with Crippen LogP contribution in [0, 0.1) is 0 Å². The van der Waals surface area contributed by atoms with E-state index in [-0.39, 0.29) is 18.7 Å². The van der Waals surface area contributed by atoms with Crippen LogP contribution in [0.3, 0.4) is 0 Å². The van der Waals surface area contributed by atoms with E-state index in [1.807, 2.05) is 37.3 Å². The van der Waals surface area contributed by atoms with Crippen LogP contribution in [0.25, 0.3) is 21.9 Å². The lowest BCUT2D eigenvalue weighted by molar-refractivity contribution is -0.137. The Hall–Kier alpha value is -2.96. The van der Waals surface area contributed by atoms with Gasteiger partial charge in [-0.15, -0.1) is 0 Å². The van der Waals surface area contributed by atoms with Crippen LogP contribution < -0.4 is 5.32 Å². The number of aliphatic carboxylic acids is 1. The van der Waals surface area contributed by atoms with Crippen molar-refractivity contribution in [2.75, 3.05) is 5.32 Å². The van der Waals surface area contributed by atoms with E-state index in [1.54, 1.807) is 4.68 Å². The summed E-state index contributed by atoms with van der Waals surface area (Å²) in [6.45, 7) is 2.60. The Labute approximate surface area is 138 Å². The molecule has 24 heavy (non-hydrogen) atoms.